The van der Waals surface area contributed by atoms with Crippen molar-refractivity contribution in [3.63, 3.8) is 0 Å². The van der Waals surface area contributed by atoms with Gasteiger partial charge in [-0.2, -0.15) is 5.10 Å². The van der Waals surface area contributed by atoms with Gasteiger partial charge in [0, 0.05) is 26.3 Å². The number of hydrogen-bond acceptors (Lipinski definition) is 3. The summed E-state index contributed by atoms with van der Waals surface area (Å²) in [5.74, 6) is 0.764. The molecule has 1 aliphatic heterocycles. The van der Waals surface area contributed by atoms with Gasteiger partial charge in [-0.25, -0.2) is 0 Å². The molecule has 0 radical (unpaired) electrons. The summed E-state index contributed by atoms with van der Waals surface area (Å²) in [7, 11) is 1.86. The van der Waals surface area contributed by atoms with Gasteiger partial charge in [-0.3, -0.25) is 9.48 Å². The summed E-state index contributed by atoms with van der Waals surface area (Å²) in [6.07, 6.45) is 5.16. The number of aromatic nitrogens is 2. The largest absolute Gasteiger partial charge is 0.338 e. The second-order valence-electron chi connectivity index (χ2n) is 5.75. The molecule has 2 rings (SSSR count). The number of hydrogen-bond donors (Lipinski definition) is 1. The van der Waals surface area contributed by atoms with Gasteiger partial charge in [0.05, 0.1) is 11.3 Å². The second kappa shape index (κ2) is 6.88. The Bertz CT molecular complexity index is 449. The molecule has 1 aromatic heterocycles. The molecule has 1 saturated heterocycles. The average molecular weight is 278 g/mol. The van der Waals surface area contributed by atoms with Crippen LogP contribution in [0.4, 0.5) is 0 Å². The maximum absolute atomic E-state index is 12.7. The van der Waals surface area contributed by atoms with E-state index in [-0.39, 0.29) is 5.91 Å². The smallest absolute Gasteiger partial charge is 0.257 e. The van der Waals surface area contributed by atoms with Gasteiger partial charge in [0.1, 0.15) is 0 Å². The van der Waals surface area contributed by atoms with Crippen LogP contribution in [0.25, 0.3) is 0 Å². The van der Waals surface area contributed by atoms with E-state index in [9.17, 15) is 4.79 Å². The zero-order chi connectivity index (χ0) is 14.5. The molecule has 5 nitrogen and oxygen atoms in total. The Balaban J connectivity index is 2.06. The number of amides is 1. The zero-order valence-corrected chi connectivity index (χ0v) is 12.9. The first-order chi connectivity index (χ1) is 9.61. The van der Waals surface area contributed by atoms with Crippen LogP contribution in [0.15, 0.2) is 6.20 Å². The van der Waals surface area contributed by atoms with E-state index in [0.717, 1.165) is 43.9 Å². The van der Waals surface area contributed by atoms with E-state index >= 15 is 0 Å². The van der Waals surface area contributed by atoms with Crippen molar-refractivity contribution in [3.05, 3.63) is 17.5 Å². The molecule has 0 aliphatic carbocycles. The summed E-state index contributed by atoms with van der Waals surface area (Å²) in [4.78, 5) is 14.7. The molecular weight excluding hydrogens is 252 g/mol. The van der Waals surface area contributed by atoms with E-state index in [1.807, 2.05) is 25.1 Å². The second-order valence-corrected chi connectivity index (χ2v) is 5.75. The maximum atomic E-state index is 12.7. The minimum Gasteiger partial charge on any atom is -0.338 e. The van der Waals surface area contributed by atoms with Crippen molar-refractivity contribution in [2.24, 2.45) is 13.0 Å². The molecule has 1 amide bonds. The Morgan fingerprint density at radius 1 is 1.50 bits per heavy atom. The molecule has 0 bridgehead atoms. The van der Waals surface area contributed by atoms with E-state index in [0.29, 0.717) is 5.92 Å². The third kappa shape index (κ3) is 3.60. The summed E-state index contributed by atoms with van der Waals surface area (Å²) in [6.45, 7) is 7.88. The highest BCUT2D eigenvalue weighted by Gasteiger charge is 2.23. The molecule has 0 atom stereocenters. The van der Waals surface area contributed by atoms with Crippen LogP contribution >= 0.6 is 0 Å². The Morgan fingerprint density at radius 3 is 2.75 bits per heavy atom. The fourth-order valence-electron chi connectivity index (χ4n) is 2.90. The molecule has 20 heavy (non-hydrogen) atoms. The predicted octanol–water partition coefficient (Wildman–Crippen LogP) is 1.58. The highest BCUT2D eigenvalue weighted by Crippen LogP contribution is 2.17. The first-order valence-electron chi connectivity index (χ1n) is 7.62. The predicted molar refractivity (Wildman–Crippen MR) is 79.7 cm³/mol. The summed E-state index contributed by atoms with van der Waals surface area (Å²) in [5.41, 5.74) is 1.57. The molecule has 112 valence electrons. The zero-order valence-electron chi connectivity index (χ0n) is 12.9. The number of rotatable bonds is 5. The van der Waals surface area contributed by atoms with Crippen molar-refractivity contribution < 1.29 is 4.79 Å². The highest BCUT2D eigenvalue weighted by molar-refractivity contribution is 5.95. The molecule has 0 saturated carbocycles. The van der Waals surface area contributed by atoms with Crippen molar-refractivity contribution in [1.82, 2.24) is 20.0 Å². The van der Waals surface area contributed by atoms with Gasteiger partial charge in [0.15, 0.2) is 0 Å². The minimum absolute atomic E-state index is 0.135. The van der Waals surface area contributed by atoms with Crippen LogP contribution in [0.2, 0.25) is 0 Å². The van der Waals surface area contributed by atoms with Gasteiger partial charge >= 0.3 is 0 Å². The topological polar surface area (TPSA) is 50.2 Å². The molecule has 2 heterocycles. The van der Waals surface area contributed by atoms with Crippen LogP contribution in [-0.2, 0) is 7.05 Å². The van der Waals surface area contributed by atoms with Crippen LogP contribution < -0.4 is 5.32 Å². The lowest BCUT2D eigenvalue weighted by Crippen LogP contribution is -2.39. The van der Waals surface area contributed by atoms with Crippen molar-refractivity contribution in [3.8, 4) is 0 Å². The number of piperidine rings is 1. The van der Waals surface area contributed by atoms with Gasteiger partial charge < -0.3 is 10.2 Å². The molecular formula is C15H26N4O. The Morgan fingerprint density at radius 2 is 2.20 bits per heavy atom. The van der Waals surface area contributed by atoms with Gasteiger partial charge in [-0.15, -0.1) is 0 Å². The molecule has 1 fully saturated rings. The van der Waals surface area contributed by atoms with Crippen LogP contribution in [0.1, 0.15) is 42.2 Å². The highest BCUT2D eigenvalue weighted by atomic mass is 16.2. The molecule has 1 N–H and O–H groups in total. The van der Waals surface area contributed by atoms with Crippen molar-refractivity contribution >= 4 is 5.91 Å². The van der Waals surface area contributed by atoms with E-state index in [1.54, 1.807) is 4.68 Å². The van der Waals surface area contributed by atoms with E-state index < -0.39 is 0 Å². The summed E-state index contributed by atoms with van der Waals surface area (Å²) in [6, 6.07) is 0. The third-order valence-corrected chi connectivity index (χ3v) is 3.96. The Labute approximate surface area is 121 Å². The van der Waals surface area contributed by atoms with E-state index in [1.165, 1.54) is 12.8 Å². The molecule has 1 aliphatic rings. The average Bonchev–Trinajstić information content (AvgIpc) is 2.77. The SMILES string of the molecule is CCCN(CC1CCNCC1)C(=O)c1cn(C)nc1C. The van der Waals surface area contributed by atoms with Gasteiger partial charge in [-0.1, -0.05) is 6.92 Å². The maximum Gasteiger partial charge on any atom is 0.257 e. The van der Waals surface area contributed by atoms with Crippen LogP contribution in [-0.4, -0.2) is 46.8 Å². The fourth-order valence-corrected chi connectivity index (χ4v) is 2.90. The van der Waals surface area contributed by atoms with Crippen LogP contribution in [0, 0.1) is 12.8 Å². The first-order valence-corrected chi connectivity index (χ1v) is 7.62. The standard InChI is InChI=1S/C15H26N4O/c1-4-9-19(10-13-5-7-16-8-6-13)15(20)14-11-18(3)17-12(14)2/h11,13,16H,4-10H2,1-3H3. The molecule has 1 aromatic rings. The van der Waals surface area contributed by atoms with Gasteiger partial charge in [0.25, 0.3) is 5.91 Å². The first kappa shape index (κ1) is 15.0. The van der Waals surface area contributed by atoms with E-state index in [4.69, 9.17) is 0 Å². The molecule has 0 aromatic carbocycles. The van der Waals surface area contributed by atoms with Gasteiger partial charge in [-0.05, 0) is 45.2 Å². The van der Waals surface area contributed by atoms with Crippen molar-refractivity contribution in [1.29, 1.82) is 0 Å². The Hall–Kier alpha value is -1.36. The normalized spacial score (nSPS) is 16.4. The number of carbonyl (C=O) groups is 1. The molecule has 5 heteroatoms. The lowest BCUT2D eigenvalue weighted by molar-refractivity contribution is 0.0715. The lowest BCUT2D eigenvalue weighted by Gasteiger charge is -2.30. The number of nitrogens with zero attached hydrogens (tertiary/aromatic N) is 3. The van der Waals surface area contributed by atoms with Gasteiger partial charge in [0.2, 0.25) is 0 Å². The van der Waals surface area contributed by atoms with Crippen LogP contribution in [0.5, 0.6) is 0 Å². The number of aryl methyl sites for hydroxylation is 2. The fraction of sp³-hybridized carbons (Fsp3) is 0.733. The number of nitrogens with one attached hydrogen (secondary N) is 1. The van der Waals surface area contributed by atoms with E-state index in [2.05, 4.69) is 17.3 Å². The third-order valence-electron chi connectivity index (χ3n) is 3.96. The lowest BCUT2D eigenvalue weighted by atomic mass is 9.97. The van der Waals surface area contributed by atoms with Crippen molar-refractivity contribution in [2.75, 3.05) is 26.2 Å². The molecule has 0 spiro atoms. The minimum atomic E-state index is 0.135. The van der Waals surface area contributed by atoms with Crippen LogP contribution in [0.3, 0.4) is 0 Å². The summed E-state index contributed by atoms with van der Waals surface area (Å²) >= 11 is 0. The molecule has 0 unspecified atom stereocenters. The summed E-state index contributed by atoms with van der Waals surface area (Å²) < 4.78 is 1.72. The quantitative estimate of drug-likeness (QED) is 0.889. The van der Waals surface area contributed by atoms with Crippen molar-refractivity contribution in [2.45, 2.75) is 33.1 Å². The summed E-state index contributed by atoms with van der Waals surface area (Å²) in [5, 5.41) is 7.66. The number of carbonyl (C=O) groups excluding carboxylic acids is 1. The Kier molecular flexibility index (Phi) is 5.17. The monoisotopic (exact) mass is 278 g/mol.